The Hall–Kier alpha value is -1.53. The molecule has 0 bridgehead atoms. The van der Waals surface area contributed by atoms with E-state index in [9.17, 15) is 8.42 Å². The van der Waals surface area contributed by atoms with Crippen LogP contribution >= 0.6 is 15.9 Å². The van der Waals surface area contributed by atoms with E-state index in [4.69, 9.17) is 0 Å². The van der Waals surface area contributed by atoms with Crippen LogP contribution in [0.25, 0.3) is 0 Å². The minimum atomic E-state index is -3.71. The zero-order valence-corrected chi connectivity index (χ0v) is 13.2. The summed E-state index contributed by atoms with van der Waals surface area (Å²) in [7, 11) is -3.71. The highest BCUT2D eigenvalue weighted by atomic mass is 79.9. The fourth-order valence-corrected chi connectivity index (χ4v) is 2.58. The molecule has 0 aromatic heterocycles. The molecule has 0 spiro atoms. The lowest BCUT2D eigenvalue weighted by atomic mass is 10.2. The molecule has 104 valence electrons. The molecule has 0 unspecified atom stereocenters. The van der Waals surface area contributed by atoms with Crippen molar-refractivity contribution in [2.45, 2.75) is 18.4 Å². The van der Waals surface area contributed by atoms with E-state index in [1.54, 1.807) is 12.1 Å². The molecule has 0 amide bonds. The van der Waals surface area contributed by atoms with Crippen LogP contribution in [0.4, 0.5) is 0 Å². The molecule has 0 N–H and O–H groups in total. The summed E-state index contributed by atoms with van der Waals surface area (Å²) >= 11 is 3.33. The average Bonchev–Trinajstić information content (AvgIpc) is 2.41. The maximum atomic E-state index is 11.9. The van der Waals surface area contributed by atoms with E-state index in [1.807, 2.05) is 31.2 Å². The Morgan fingerprint density at radius 3 is 2.20 bits per heavy atom. The number of sulfonamides is 1. The number of aryl methyl sites for hydroxylation is 1. The molecule has 0 aliphatic carbocycles. The van der Waals surface area contributed by atoms with Gasteiger partial charge in [0.25, 0.3) is 10.0 Å². The molecule has 0 heterocycles. The highest BCUT2D eigenvalue weighted by molar-refractivity contribution is 9.10. The summed E-state index contributed by atoms with van der Waals surface area (Å²) in [5.41, 5.74) is 1.90. The first-order chi connectivity index (χ1) is 9.47. The first-order valence-corrected chi connectivity index (χ1v) is 8.15. The van der Waals surface area contributed by atoms with E-state index in [-0.39, 0.29) is 11.4 Å². The van der Waals surface area contributed by atoms with E-state index in [0.29, 0.717) is 0 Å². The molecule has 0 saturated carbocycles. The van der Waals surface area contributed by atoms with E-state index >= 15 is 0 Å². The number of hydrogen-bond acceptors (Lipinski definition) is 3. The maximum absolute atomic E-state index is 11.9. The van der Waals surface area contributed by atoms with E-state index < -0.39 is 10.0 Å². The van der Waals surface area contributed by atoms with Gasteiger partial charge in [-0.1, -0.05) is 50.3 Å². The molecule has 2 rings (SSSR count). The van der Waals surface area contributed by atoms with Crippen LogP contribution in [0.15, 0.2) is 67.5 Å². The number of hydrogen-bond donors (Lipinski definition) is 0. The van der Waals surface area contributed by atoms with Gasteiger partial charge in [-0.05, 0) is 36.8 Å². The molecule has 4 nitrogen and oxygen atoms in total. The van der Waals surface area contributed by atoms with Crippen LogP contribution in [0.5, 0.6) is 0 Å². The molecule has 0 aliphatic heterocycles. The van der Waals surface area contributed by atoms with Crippen LogP contribution in [-0.2, 0) is 16.6 Å². The number of nitrogens with zero attached hydrogens (tertiary/aromatic N) is 2. The maximum Gasteiger partial charge on any atom is 0.299 e. The van der Waals surface area contributed by atoms with Crippen molar-refractivity contribution >= 4 is 26.0 Å². The van der Waals surface area contributed by atoms with Crippen LogP contribution in [0, 0.1) is 6.92 Å². The number of benzene rings is 2. The average molecular weight is 353 g/mol. The predicted molar refractivity (Wildman–Crippen MR) is 81.1 cm³/mol. The molecule has 2 aromatic carbocycles. The van der Waals surface area contributed by atoms with Gasteiger partial charge in [-0.25, -0.2) is 0 Å². The summed E-state index contributed by atoms with van der Waals surface area (Å²) in [6.07, 6.45) is 0. The van der Waals surface area contributed by atoms with E-state index in [1.165, 1.54) is 12.1 Å². The van der Waals surface area contributed by atoms with E-state index in [0.717, 1.165) is 15.6 Å². The van der Waals surface area contributed by atoms with Gasteiger partial charge in [0.1, 0.15) is 0 Å². The van der Waals surface area contributed by atoms with Crippen molar-refractivity contribution in [1.29, 1.82) is 0 Å². The molecule has 0 saturated heterocycles. The van der Waals surface area contributed by atoms with Gasteiger partial charge in [0, 0.05) is 4.47 Å². The minimum absolute atomic E-state index is 0.155. The summed E-state index contributed by atoms with van der Waals surface area (Å²) < 4.78 is 28.3. The third kappa shape index (κ3) is 3.98. The Morgan fingerprint density at radius 1 is 1.00 bits per heavy atom. The Morgan fingerprint density at radius 2 is 1.60 bits per heavy atom. The van der Waals surface area contributed by atoms with Crippen molar-refractivity contribution in [3.05, 3.63) is 64.1 Å². The topological polar surface area (TPSA) is 58.9 Å². The van der Waals surface area contributed by atoms with Gasteiger partial charge in [-0.15, -0.1) is 0 Å². The fraction of sp³-hybridized carbons (Fsp3) is 0.143. The standard InChI is InChI=1S/C14H13BrN2O2S/c1-11-2-8-14(9-3-11)20(18,19)17-16-10-12-4-6-13(15)7-5-12/h2-9H,10H2,1H3. The fourth-order valence-electron chi connectivity index (χ4n) is 1.53. The van der Waals surface area contributed by atoms with Crippen LogP contribution < -0.4 is 0 Å². The van der Waals surface area contributed by atoms with Crippen LogP contribution in [0.2, 0.25) is 0 Å². The Bertz CT molecular complexity index is 708. The second-order valence-electron chi connectivity index (χ2n) is 4.30. The highest BCUT2D eigenvalue weighted by Gasteiger charge is 2.11. The second-order valence-corrected chi connectivity index (χ2v) is 6.80. The van der Waals surface area contributed by atoms with Gasteiger partial charge in [-0.3, -0.25) is 0 Å². The second kappa shape index (κ2) is 6.28. The number of halogens is 1. The van der Waals surface area contributed by atoms with Crippen LogP contribution in [-0.4, -0.2) is 8.42 Å². The van der Waals surface area contributed by atoms with Gasteiger partial charge >= 0.3 is 0 Å². The lowest BCUT2D eigenvalue weighted by Crippen LogP contribution is -1.96. The van der Waals surface area contributed by atoms with Crippen molar-refractivity contribution in [2.75, 3.05) is 0 Å². The largest absolute Gasteiger partial charge is 0.299 e. The van der Waals surface area contributed by atoms with Gasteiger partial charge in [0.15, 0.2) is 0 Å². The third-order valence-corrected chi connectivity index (χ3v) is 4.38. The predicted octanol–water partition coefficient (Wildman–Crippen LogP) is 4.10. The Labute approximate surface area is 126 Å². The van der Waals surface area contributed by atoms with Gasteiger partial charge < -0.3 is 0 Å². The minimum Gasteiger partial charge on any atom is -0.198 e. The van der Waals surface area contributed by atoms with Crippen LogP contribution in [0.3, 0.4) is 0 Å². The summed E-state index contributed by atoms with van der Waals surface area (Å²) in [5.74, 6) is 0. The SMILES string of the molecule is Cc1ccc(S(=O)(=O)N=NCc2ccc(Br)cc2)cc1. The molecule has 2 aromatic rings. The molecular formula is C14H13BrN2O2S. The first-order valence-electron chi connectivity index (χ1n) is 5.92. The lowest BCUT2D eigenvalue weighted by molar-refractivity contribution is 0.594. The summed E-state index contributed by atoms with van der Waals surface area (Å²) in [6.45, 7) is 2.13. The summed E-state index contributed by atoms with van der Waals surface area (Å²) in [5, 5.41) is 3.76. The molecule has 6 heteroatoms. The molecule has 0 fully saturated rings. The lowest BCUT2D eigenvalue weighted by Gasteiger charge is -1.99. The van der Waals surface area contributed by atoms with Crippen LogP contribution in [0.1, 0.15) is 11.1 Å². The van der Waals surface area contributed by atoms with Gasteiger partial charge in [0.05, 0.1) is 11.4 Å². The van der Waals surface area contributed by atoms with Crippen molar-refractivity contribution in [1.82, 2.24) is 0 Å². The van der Waals surface area contributed by atoms with Crippen molar-refractivity contribution in [2.24, 2.45) is 9.63 Å². The molecule has 0 aliphatic rings. The smallest absolute Gasteiger partial charge is 0.198 e. The monoisotopic (exact) mass is 352 g/mol. The molecular weight excluding hydrogens is 340 g/mol. The Balaban J connectivity index is 2.10. The number of rotatable bonds is 4. The van der Waals surface area contributed by atoms with Crippen molar-refractivity contribution < 1.29 is 8.42 Å². The molecule has 20 heavy (non-hydrogen) atoms. The summed E-state index contributed by atoms with van der Waals surface area (Å²) in [4.78, 5) is 0.155. The quantitative estimate of drug-likeness (QED) is 0.777. The molecule has 0 atom stereocenters. The van der Waals surface area contributed by atoms with Gasteiger partial charge in [-0.2, -0.15) is 13.5 Å². The Kier molecular flexibility index (Phi) is 4.67. The third-order valence-electron chi connectivity index (χ3n) is 2.65. The normalized spacial score (nSPS) is 11.9. The molecule has 0 radical (unpaired) electrons. The zero-order chi connectivity index (χ0) is 14.6. The van der Waals surface area contributed by atoms with Gasteiger partial charge in [0.2, 0.25) is 0 Å². The van der Waals surface area contributed by atoms with Crippen molar-refractivity contribution in [3.63, 3.8) is 0 Å². The first kappa shape index (κ1) is 14.9. The zero-order valence-electron chi connectivity index (χ0n) is 10.8. The van der Waals surface area contributed by atoms with E-state index in [2.05, 4.69) is 25.6 Å². The summed E-state index contributed by atoms with van der Waals surface area (Å²) in [6, 6.07) is 14.0. The highest BCUT2D eigenvalue weighted by Crippen LogP contribution is 2.15. The van der Waals surface area contributed by atoms with Crippen molar-refractivity contribution in [3.8, 4) is 0 Å².